The number of rotatable bonds is 7. The van der Waals surface area contributed by atoms with E-state index in [1.165, 1.54) is 0 Å². The summed E-state index contributed by atoms with van der Waals surface area (Å²) < 4.78 is 9.40. The number of aromatic amines is 1. The molecule has 2 unspecified atom stereocenters. The molecular weight excluding hydrogens is 394 g/mol. The predicted molar refractivity (Wildman–Crippen MR) is 117 cm³/mol. The van der Waals surface area contributed by atoms with Crippen molar-refractivity contribution in [1.82, 2.24) is 34.7 Å². The Morgan fingerprint density at radius 1 is 1.26 bits per heavy atom. The van der Waals surface area contributed by atoms with Crippen molar-refractivity contribution in [3.63, 3.8) is 0 Å². The third kappa shape index (κ3) is 4.16. The maximum atomic E-state index is 12.5. The van der Waals surface area contributed by atoms with Crippen molar-refractivity contribution in [3.05, 3.63) is 59.6 Å². The number of amides is 1. The van der Waals surface area contributed by atoms with Gasteiger partial charge in [0.15, 0.2) is 17.6 Å². The number of hydrogen-bond donors (Lipinski definition) is 2. The van der Waals surface area contributed by atoms with Crippen LogP contribution in [-0.4, -0.2) is 47.9 Å². The Balaban J connectivity index is 1.40. The van der Waals surface area contributed by atoms with Crippen molar-refractivity contribution < 1.29 is 9.53 Å². The molecule has 9 nitrogen and oxygen atoms in total. The van der Waals surface area contributed by atoms with Gasteiger partial charge in [0.1, 0.15) is 11.4 Å². The highest BCUT2D eigenvalue weighted by atomic mass is 16.5. The highest BCUT2D eigenvalue weighted by Gasteiger charge is 2.21. The van der Waals surface area contributed by atoms with Gasteiger partial charge in [0, 0.05) is 24.9 Å². The Morgan fingerprint density at radius 2 is 2.06 bits per heavy atom. The molecule has 4 aromatic rings. The summed E-state index contributed by atoms with van der Waals surface area (Å²) >= 11 is 0. The number of aryl methyl sites for hydroxylation is 3. The first kappa shape index (κ1) is 20.6. The Hall–Kier alpha value is -3.62. The van der Waals surface area contributed by atoms with Crippen LogP contribution in [0.5, 0.6) is 5.75 Å². The Kier molecular flexibility index (Phi) is 5.50. The minimum Gasteiger partial charge on any atom is -0.481 e. The van der Waals surface area contributed by atoms with Crippen LogP contribution in [0.2, 0.25) is 0 Å². The molecule has 0 aliphatic heterocycles. The molecule has 0 radical (unpaired) electrons. The number of ether oxygens (including phenoxy) is 1. The van der Waals surface area contributed by atoms with Gasteiger partial charge in [-0.3, -0.25) is 9.89 Å². The minimum atomic E-state index is -0.603. The molecule has 9 heteroatoms. The van der Waals surface area contributed by atoms with Crippen molar-refractivity contribution in [2.45, 2.75) is 46.6 Å². The number of carbonyl (C=O) groups is 1. The van der Waals surface area contributed by atoms with Gasteiger partial charge in [-0.15, -0.1) is 5.10 Å². The maximum absolute atomic E-state index is 12.5. The van der Waals surface area contributed by atoms with Crippen molar-refractivity contribution >= 4 is 11.6 Å². The second-order valence-electron chi connectivity index (χ2n) is 7.94. The smallest absolute Gasteiger partial charge is 0.260 e. The van der Waals surface area contributed by atoms with E-state index in [1.807, 2.05) is 56.7 Å². The van der Waals surface area contributed by atoms with Gasteiger partial charge >= 0.3 is 0 Å². The molecule has 162 valence electrons. The topological polar surface area (TPSA) is 102 Å². The van der Waals surface area contributed by atoms with Crippen LogP contribution in [-0.2, 0) is 4.79 Å². The first-order valence-electron chi connectivity index (χ1n) is 10.3. The molecule has 0 saturated heterocycles. The van der Waals surface area contributed by atoms with E-state index in [-0.39, 0.29) is 11.8 Å². The van der Waals surface area contributed by atoms with Crippen LogP contribution in [0, 0.1) is 20.8 Å². The summed E-state index contributed by atoms with van der Waals surface area (Å²) in [6.07, 6.45) is 4.71. The van der Waals surface area contributed by atoms with Gasteiger partial charge in [-0.25, -0.2) is 9.97 Å². The molecule has 0 bridgehead atoms. The average Bonchev–Trinajstić information content (AvgIpc) is 3.44. The standard InChI is InChI=1S/C22H27N7O2/c1-13-6-7-18(14(2)10-13)31-17(5)22(30)24-11-15(3)20-25-21-19(28-9-8-23-12-28)16(4)26-29(21)27-20/h6-10,12,15,17,26H,11H2,1-5H3,(H,24,30). The highest BCUT2D eigenvalue weighted by Crippen LogP contribution is 2.22. The normalized spacial score (nSPS) is 13.3. The summed E-state index contributed by atoms with van der Waals surface area (Å²) in [4.78, 5) is 21.3. The van der Waals surface area contributed by atoms with Crippen LogP contribution in [0.15, 0.2) is 36.9 Å². The Labute approximate surface area is 180 Å². The number of nitrogens with zero attached hydrogens (tertiary/aromatic N) is 5. The predicted octanol–water partition coefficient (Wildman–Crippen LogP) is 2.86. The molecule has 0 spiro atoms. The maximum Gasteiger partial charge on any atom is 0.260 e. The molecule has 31 heavy (non-hydrogen) atoms. The number of H-pyrrole nitrogens is 1. The second-order valence-corrected chi connectivity index (χ2v) is 7.94. The molecule has 0 aliphatic carbocycles. The van der Waals surface area contributed by atoms with E-state index < -0.39 is 6.10 Å². The highest BCUT2D eigenvalue weighted by molar-refractivity contribution is 5.80. The summed E-state index contributed by atoms with van der Waals surface area (Å²) in [6, 6.07) is 5.91. The van der Waals surface area contributed by atoms with Crippen LogP contribution in [0.4, 0.5) is 0 Å². The third-order valence-electron chi connectivity index (χ3n) is 5.25. The molecule has 2 atom stereocenters. The number of carbonyl (C=O) groups excluding carboxylic acids is 1. The summed E-state index contributed by atoms with van der Waals surface area (Å²) in [6.45, 7) is 10.1. The van der Waals surface area contributed by atoms with Crippen molar-refractivity contribution in [1.29, 1.82) is 0 Å². The van der Waals surface area contributed by atoms with Crippen LogP contribution in [0.3, 0.4) is 0 Å². The quantitative estimate of drug-likeness (QED) is 0.478. The first-order valence-corrected chi connectivity index (χ1v) is 10.3. The second kappa shape index (κ2) is 8.25. The van der Waals surface area contributed by atoms with Crippen molar-refractivity contribution in [3.8, 4) is 11.4 Å². The SMILES string of the molecule is Cc1ccc(OC(C)C(=O)NCC(C)c2nc3c(-n4ccnc4)c(C)[nH]n3n2)c(C)c1. The molecule has 0 saturated carbocycles. The van der Waals surface area contributed by atoms with Crippen molar-refractivity contribution in [2.24, 2.45) is 0 Å². The van der Waals surface area contributed by atoms with Crippen LogP contribution in [0.1, 0.15) is 42.4 Å². The van der Waals surface area contributed by atoms with Gasteiger partial charge in [0.25, 0.3) is 5.91 Å². The van der Waals surface area contributed by atoms with Crippen LogP contribution < -0.4 is 10.1 Å². The molecule has 1 aromatic carbocycles. The third-order valence-corrected chi connectivity index (χ3v) is 5.25. The van der Waals surface area contributed by atoms with E-state index in [9.17, 15) is 4.79 Å². The van der Waals surface area contributed by atoms with Gasteiger partial charge in [0.05, 0.1) is 12.0 Å². The van der Waals surface area contributed by atoms with Gasteiger partial charge in [-0.2, -0.15) is 4.63 Å². The fourth-order valence-corrected chi connectivity index (χ4v) is 3.51. The van der Waals surface area contributed by atoms with Gasteiger partial charge in [-0.05, 0) is 39.3 Å². The lowest BCUT2D eigenvalue weighted by molar-refractivity contribution is -0.127. The largest absolute Gasteiger partial charge is 0.481 e. The number of aromatic nitrogens is 6. The van der Waals surface area contributed by atoms with E-state index in [2.05, 4.69) is 25.5 Å². The van der Waals surface area contributed by atoms with Gasteiger partial charge in [-0.1, -0.05) is 24.6 Å². The average molecular weight is 422 g/mol. The monoisotopic (exact) mass is 421 g/mol. The van der Waals surface area contributed by atoms with E-state index in [0.29, 0.717) is 18.1 Å². The minimum absolute atomic E-state index is 0.0681. The van der Waals surface area contributed by atoms with E-state index in [4.69, 9.17) is 4.74 Å². The molecule has 0 fully saturated rings. The number of imidazole rings is 1. The lowest BCUT2D eigenvalue weighted by atomic mass is 10.1. The zero-order valence-corrected chi connectivity index (χ0v) is 18.4. The molecule has 3 aromatic heterocycles. The number of fused-ring (bicyclic) bond motifs is 1. The summed E-state index contributed by atoms with van der Waals surface area (Å²) in [5.74, 6) is 1.12. The molecule has 0 aliphatic rings. The fourth-order valence-electron chi connectivity index (χ4n) is 3.51. The molecular formula is C22H27N7O2. The summed E-state index contributed by atoms with van der Waals surface area (Å²) in [5.41, 5.74) is 4.73. The van der Waals surface area contributed by atoms with E-state index >= 15 is 0 Å². The lowest BCUT2D eigenvalue weighted by Gasteiger charge is -2.17. The molecule has 2 N–H and O–H groups in total. The van der Waals surface area contributed by atoms with E-state index in [0.717, 1.165) is 28.2 Å². The molecule has 1 amide bonds. The molecule has 3 heterocycles. The summed E-state index contributed by atoms with van der Waals surface area (Å²) in [7, 11) is 0. The van der Waals surface area contributed by atoms with Gasteiger partial charge in [0.2, 0.25) is 0 Å². The fraction of sp³-hybridized carbons (Fsp3) is 0.364. The van der Waals surface area contributed by atoms with Crippen molar-refractivity contribution in [2.75, 3.05) is 6.54 Å². The van der Waals surface area contributed by atoms with Crippen LogP contribution >= 0.6 is 0 Å². The van der Waals surface area contributed by atoms with Gasteiger partial charge < -0.3 is 14.6 Å². The lowest BCUT2D eigenvalue weighted by Crippen LogP contribution is -2.38. The Bertz CT molecular complexity index is 1210. The molecule has 4 rings (SSSR count). The number of benzene rings is 1. The Morgan fingerprint density at radius 3 is 2.77 bits per heavy atom. The first-order chi connectivity index (χ1) is 14.8. The summed E-state index contributed by atoms with van der Waals surface area (Å²) in [5, 5.41) is 10.7. The number of nitrogens with one attached hydrogen (secondary N) is 2. The number of hydrogen-bond acceptors (Lipinski definition) is 5. The van der Waals surface area contributed by atoms with E-state index in [1.54, 1.807) is 24.1 Å². The zero-order valence-electron chi connectivity index (χ0n) is 18.4. The van der Waals surface area contributed by atoms with Crippen LogP contribution in [0.25, 0.3) is 11.3 Å². The zero-order chi connectivity index (χ0) is 22.1.